The van der Waals surface area contributed by atoms with Crippen LogP contribution in [-0.2, 0) is 11.2 Å². The first kappa shape index (κ1) is 16.2. The molecule has 2 aromatic carbocycles. The lowest BCUT2D eigenvalue weighted by molar-refractivity contribution is -0.384. The van der Waals surface area contributed by atoms with Crippen molar-refractivity contribution in [2.75, 3.05) is 0 Å². The molecule has 0 unspecified atom stereocenters. The highest BCUT2D eigenvalue weighted by atomic mass is 16.6. The normalized spacial score (nSPS) is 10.9. The predicted molar refractivity (Wildman–Crippen MR) is 92.1 cm³/mol. The number of hydrogen-bond acceptors (Lipinski definition) is 6. The van der Waals surface area contributed by atoms with Crippen molar-refractivity contribution in [3.63, 3.8) is 0 Å². The van der Waals surface area contributed by atoms with Crippen molar-refractivity contribution in [2.24, 2.45) is 5.10 Å². The van der Waals surface area contributed by atoms with E-state index in [0.717, 1.165) is 16.6 Å². The Kier molecular flexibility index (Phi) is 4.70. The molecular formula is C17H13N5O3. The van der Waals surface area contributed by atoms with Crippen LogP contribution in [0.15, 0.2) is 60.0 Å². The molecule has 3 aromatic rings. The second kappa shape index (κ2) is 7.26. The lowest BCUT2D eigenvalue weighted by Crippen LogP contribution is -2.19. The van der Waals surface area contributed by atoms with E-state index in [1.165, 1.54) is 18.3 Å². The van der Waals surface area contributed by atoms with Gasteiger partial charge in [0, 0.05) is 24.5 Å². The number of non-ortho nitro benzene ring substituents is 1. The average molecular weight is 335 g/mol. The van der Waals surface area contributed by atoms with Crippen LogP contribution >= 0.6 is 0 Å². The fourth-order valence-corrected chi connectivity index (χ4v) is 2.20. The van der Waals surface area contributed by atoms with Crippen LogP contribution in [0.2, 0.25) is 0 Å². The van der Waals surface area contributed by atoms with Gasteiger partial charge in [0.25, 0.3) is 5.69 Å². The van der Waals surface area contributed by atoms with Crippen LogP contribution in [0.25, 0.3) is 11.0 Å². The van der Waals surface area contributed by atoms with Gasteiger partial charge >= 0.3 is 0 Å². The van der Waals surface area contributed by atoms with Crippen LogP contribution in [0, 0.1) is 10.1 Å². The molecule has 1 amide bonds. The van der Waals surface area contributed by atoms with Crippen LogP contribution < -0.4 is 5.43 Å². The molecule has 0 fully saturated rings. The van der Waals surface area contributed by atoms with Gasteiger partial charge in [-0.3, -0.25) is 24.9 Å². The maximum absolute atomic E-state index is 11.9. The zero-order chi connectivity index (χ0) is 17.6. The van der Waals surface area contributed by atoms with Crippen molar-refractivity contribution in [3.8, 4) is 0 Å². The van der Waals surface area contributed by atoms with E-state index in [1.54, 1.807) is 24.5 Å². The molecule has 0 saturated carbocycles. The molecule has 1 aromatic heterocycles. The van der Waals surface area contributed by atoms with Crippen molar-refractivity contribution < 1.29 is 9.72 Å². The summed E-state index contributed by atoms with van der Waals surface area (Å²) in [5.74, 6) is -0.314. The van der Waals surface area contributed by atoms with Gasteiger partial charge in [-0.2, -0.15) is 5.10 Å². The number of fused-ring (bicyclic) bond motifs is 1. The standard InChI is InChI=1S/C17H13N5O3/c23-17(10-12-1-4-14(5-2-12)22(24)25)21-20-11-13-3-6-15-16(9-13)19-8-7-18-15/h1-9,11H,10H2,(H,21,23)/b20-11+. The summed E-state index contributed by atoms with van der Waals surface area (Å²) in [6.45, 7) is 0. The molecule has 8 heteroatoms. The average Bonchev–Trinajstić information content (AvgIpc) is 2.62. The van der Waals surface area contributed by atoms with Gasteiger partial charge in [0.05, 0.1) is 28.6 Å². The molecule has 25 heavy (non-hydrogen) atoms. The molecule has 0 spiro atoms. The van der Waals surface area contributed by atoms with Crippen molar-refractivity contribution in [2.45, 2.75) is 6.42 Å². The number of nitrogens with zero attached hydrogens (tertiary/aromatic N) is 4. The van der Waals surface area contributed by atoms with Gasteiger partial charge in [0.1, 0.15) is 0 Å². The zero-order valence-corrected chi connectivity index (χ0v) is 13.0. The summed E-state index contributed by atoms with van der Waals surface area (Å²) in [5, 5.41) is 14.5. The van der Waals surface area contributed by atoms with Crippen molar-refractivity contribution in [1.82, 2.24) is 15.4 Å². The van der Waals surface area contributed by atoms with Gasteiger partial charge in [-0.15, -0.1) is 0 Å². The minimum Gasteiger partial charge on any atom is -0.273 e. The number of amides is 1. The van der Waals surface area contributed by atoms with Gasteiger partial charge in [-0.05, 0) is 23.3 Å². The number of aromatic nitrogens is 2. The maximum Gasteiger partial charge on any atom is 0.269 e. The summed E-state index contributed by atoms with van der Waals surface area (Å²) < 4.78 is 0. The Balaban J connectivity index is 1.59. The molecule has 0 bridgehead atoms. The highest BCUT2D eigenvalue weighted by molar-refractivity contribution is 5.87. The van der Waals surface area contributed by atoms with Crippen LogP contribution in [0.5, 0.6) is 0 Å². The largest absolute Gasteiger partial charge is 0.273 e. The minimum absolute atomic E-state index is 0.0124. The Bertz CT molecular complexity index is 954. The molecule has 1 heterocycles. The molecule has 1 N–H and O–H groups in total. The van der Waals surface area contributed by atoms with Gasteiger partial charge in [-0.1, -0.05) is 18.2 Å². The number of carbonyl (C=O) groups is 1. The van der Waals surface area contributed by atoms with E-state index in [2.05, 4.69) is 20.5 Å². The number of nitrogens with one attached hydrogen (secondary N) is 1. The molecule has 0 saturated heterocycles. The summed E-state index contributed by atoms with van der Waals surface area (Å²) in [7, 11) is 0. The molecule has 0 radical (unpaired) electrons. The second-order valence-corrected chi connectivity index (χ2v) is 5.20. The van der Waals surface area contributed by atoms with E-state index < -0.39 is 4.92 Å². The Labute approximate surface area is 142 Å². The van der Waals surface area contributed by atoms with E-state index in [1.807, 2.05) is 18.2 Å². The van der Waals surface area contributed by atoms with Gasteiger partial charge in [0.15, 0.2) is 0 Å². The molecule has 0 aliphatic rings. The topological polar surface area (TPSA) is 110 Å². The molecule has 0 aliphatic carbocycles. The smallest absolute Gasteiger partial charge is 0.269 e. The van der Waals surface area contributed by atoms with Crippen LogP contribution in [0.3, 0.4) is 0 Å². The van der Waals surface area contributed by atoms with Gasteiger partial charge in [0.2, 0.25) is 5.91 Å². The van der Waals surface area contributed by atoms with E-state index in [0.29, 0.717) is 5.56 Å². The van der Waals surface area contributed by atoms with Crippen molar-refractivity contribution in [3.05, 3.63) is 76.1 Å². The van der Waals surface area contributed by atoms with E-state index in [9.17, 15) is 14.9 Å². The third-order valence-corrected chi connectivity index (χ3v) is 3.41. The summed E-state index contributed by atoms with van der Waals surface area (Å²) in [5.41, 5.74) is 5.38. The van der Waals surface area contributed by atoms with E-state index >= 15 is 0 Å². The monoisotopic (exact) mass is 335 g/mol. The van der Waals surface area contributed by atoms with Crippen molar-refractivity contribution >= 4 is 28.8 Å². The Morgan fingerprint density at radius 2 is 1.84 bits per heavy atom. The van der Waals surface area contributed by atoms with Crippen LogP contribution in [0.4, 0.5) is 5.69 Å². The number of nitro benzene ring substituents is 1. The number of rotatable bonds is 5. The fourth-order valence-electron chi connectivity index (χ4n) is 2.20. The van der Waals surface area contributed by atoms with Gasteiger partial charge in [-0.25, -0.2) is 5.43 Å². The second-order valence-electron chi connectivity index (χ2n) is 5.20. The lowest BCUT2D eigenvalue weighted by Gasteiger charge is -2.01. The first-order valence-electron chi connectivity index (χ1n) is 7.38. The Hall–Kier alpha value is -3.68. The number of nitro groups is 1. The Morgan fingerprint density at radius 3 is 2.56 bits per heavy atom. The molecule has 124 valence electrons. The third-order valence-electron chi connectivity index (χ3n) is 3.41. The quantitative estimate of drug-likeness (QED) is 0.437. The van der Waals surface area contributed by atoms with Crippen molar-refractivity contribution in [1.29, 1.82) is 0 Å². The summed E-state index contributed by atoms with van der Waals surface area (Å²) >= 11 is 0. The van der Waals surface area contributed by atoms with Gasteiger partial charge < -0.3 is 0 Å². The summed E-state index contributed by atoms with van der Waals surface area (Å²) in [6, 6.07) is 11.3. The minimum atomic E-state index is -0.484. The van der Waals surface area contributed by atoms with Crippen LogP contribution in [-0.4, -0.2) is 27.0 Å². The zero-order valence-electron chi connectivity index (χ0n) is 13.0. The summed E-state index contributed by atoms with van der Waals surface area (Å²) in [4.78, 5) is 30.3. The predicted octanol–water partition coefficient (Wildman–Crippen LogP) is 2.23. The first-order chi connectivity index (χ1) is 12.1. The fraction of sp³-hybridized carbons (Fsp3) is 0.0588. The Morgan fingerprint density at radius 1 is 1.12 bits per heavy atom. The SMILES string of the molecule is O=C(Cc1ccc([N+](=O)[O-])cc1)N/N=C/c1ccc2nccnc2c1. The maximum atomic E-state index is 11.9. The van der Waals surface area contributed by atoms with E-state index in [-0.39, 0.29) is 18.0 Å². The van der Waals surface area contributed by atoms with E-state index in [4.69, 9.17) is 0 Å². The highest BCUT2D eigenvalue weighted by Gasteiger charge is 2.06. The lowest BCUT2D eigenvalue weighted by atomic mass is 10.1. The third kappa shape index (κ3) is 4.20. The molecule has 0 aliphatic heterocycles. The molecule has 3 rings (SSSR count). The number of carbonyl (C=O) groups excluding carboxylic acids is 1. The summed E-state index contributed by atoms with van der Waals surface area (Å²) in [6.07, 6.45) is 4.82. The number of benzene rings is 2. The number of hydrogen-bond donors (Lipinski definition) is 1. The molecule has 8 nitrogen and oxygen atoms in total. The highest BCUT2D eigenvalue weighted by Crippen LogP contribution is 2.12. The number of hydrazone groups is 1. The van der Waals surface area contributed by atoms with Crippen LogP contribution in [0.1, 0.15) is 11.1 Å². The molecule has 0 atom stereocenters. The first-order valence-corrected chi connectivity index (χ1v) is 7.38. The molecular weight excluding hydrogens is 322 g/mol.